The van der Waals surface area contributed by atoms with E-state index in [2.05, 4.69) is 18.7 Å². The Morgan fingerprint density at radius 1 is 1.19 bits per heavy atom. The molecule has 1 aliphatic heterocycles. The lowest BCUT2D eigenvalue weighted by molar-refractivity contribution is 0.152. The molecule has 2 N–H and O–H groups in total. The Labute approximate surface area is 127 Å². The third kappa shape index (κ3) is 3.39. The molecule has 0 saturated carbocycles. The molecule has 5 nitrogen and oxygen atoms in total. The number of nitrogens with two attached hydrogens (primary N) is 1. The molecule has 1 aliphatic rings. The van der Waals surface area contributed by atoms with E-state index < -0.39 is 10.0 Å². The van der Waals surface area contributed by atoms with Crippen LogP contribution in [0, 0.1) is 0 Å². The molecule has 0 atom stereocenters. The van der Waals surface area contributed by atoms with E-state index in [9.17, 15) is 8.42 Å². The van der Waals surface area contributed by atoms with Gasteiger partial charge in [-0.3, -0.25) is 0 Å². The van der Waals surface area contributed by atoms with Gasteiger partial charge in [-0.05, 0) is 38.1 Å². The lowest BCUT2D eigenvalue weighted by Gasteiger charge is -2.37. The van der Waals surface area contributed by atoms with Gasteiger partial charge in [0.15, 0.2) is 0 Å². The van der Waals surface area contributed by atoms with Crippen molar-refractivity contribution in [2.24, 2.45) is 0 Å². The van der Waals surface area contributed by atoms with Crippen molar-refractivity contribution < 1.29 is 8.42 Å². The molecule has 0 spiro atoms. The quantitative estimate of drug-likeness (QED) is 0.842. The summed E-state index contributed by atoms with van der Waals surface area (Å²) < 4.78 is 26.9. The standard InChI is InChI=1S/C15H25N3O2S/c1-3-17(4-2)13-9-11-18(12-10-13)21(19,20)15-8-6-5-7-14(15)16/h5-8,13H,3-4,9-12,16H2,1-2H3. The maximum absolute atomic E-state index is 12.7. The van der Waals surface area contributed by atoms with E-state index in [1.165, 1.54) is 0 Å². The van der Waals surface area contributed by atoms with Crippen molar-refractivity contribution in [2.75, 3.05) is 31.9 Å². The molecule has 0 radical (unpaired) electrons. The summed E-state index contributed by atoms with van der Waals surface area (Å²) in [7, 11) is -3.47. The molecular weight excluding hydrogens is 286 g/mol. The van der Waals surface area contributed by atoms with Crippen LogP contribution >= 0.6 is 0 Å². The van der Waals surface area contributed by atoms with Gasteiger partial charge in [-0.1, -0.05) is 26.0 Å². The molecule has 2 rings (SSSR count). The molecule has 0 aliphatic carbocycles. The highest BCUT2D eigenvalue weighted by Gasteiger charge is 2.31. The third-order valence-corrected chi connectivity index (χ3v) is 6.26. The summed E-state index contributed by atoms with van der Waals surface area (Å²) in [6.07, 6.45) is 1.77. The van der Waals surface area contributed by atoms with Crippen LogP contribution in [0.15, 0.2) is 29.2 Å². The minimum Gasteiger partial charge on any atom is -0.398 e. The largest absolute Gasteiger partial charge is 0.398 e. The average molecular weight is 311 g/mol. The van der Waals surface area contributed by atoms with Crippen LogP contribution in [0.4, 0.5) is 5.69 Å². The van der Waals surface area contributed by atoms with E-state index in [0.29, 0.717) is 24.8 Å². The van der Waals surface area contributed by atoms with Gasteiger partial charge in [-0.15, -0.1) is 0 Å². The maximum Gasteiger partial charge on any atom is 0.245 e. The Kier molecular flexibility index (Phi) is 5.24. The zero-order valence-corrected chi connectivity index (χ0v) is 13.6. The number of nitrogen functional groups attached to an aromatic ring is 1. The third-order valence-electron chi connectivity index (χ3n) is 4.29. The second kappa shape index (κ2) is 6.77. The van der Waals surface area contributed by atoms with Crippen LogP contribution in [0.2, 0.25) is 0 Å². The summed E-state index contributed by atoms with van der Waals surface area (Å²) in [6.45, 7) is 7.46. The van der Waals surface area contributed by atoms with Crippen molar-refractivity contribution in [3.05, 3.63) is 24.3 Å². The number of rotatable bonds is 5. The SMILES string of the molecule is CCN(CC)C1CCN(S(=O)(=O)c2ccccc2N)CC1. The molecule has 1 heterocycles. The highest BCUT2D eigenvalue weighted by atomic mass is 32.2. The van der Waals surface area contributed by atoms with Crippen molar-refractivity contribution in [3.8, 4) is 0 Å². The van der Waals surface area contributed by atoms with Gasteiger partial charge in [0.05, 0.1) is 5.69 Å². The van der Waals surface area contributed by atoms with Crippen LogP contribution in [-0.4, -0.2) is 49.8 Å². The summed E-state index contributed by atoms with van der Waals surface area (Å²) in [4.78, 5) is 2.63. The highest BCUT2D eigenvalue weighted by Crippen LogP contribution is 2.26. The zero-order chi connectivity index (χ0) is 15.5. The molecule has 21 heavy (non-hydrogen) atoms. The topological polar surface area (TPSA) is 66.6 Å². The van der Waals surface area contributed by atoms with Crippen molar-refractivity contribution in [1.29, 1.82) is 0 Å². The van der Waals surface area contributed by atoms with E-state index in [1.807, 2.05) is 0 Å². The van der Waals surface area contributed by atoms with Gasteiger partial charge in [0.25, 0.3) is 0 Å². The molecule has 0 unspecified atom stereocenters. The van der Waals surface area contributed by atoms with Gasteiger partial charge in [0, 0.05) is 19.1 Å². The number of hydrogen-bond donors (Lipinski definition) is 1. The van der Waals surface area contributed by atoms with Crippen molar-refractivity contribution in [3.63, 3.8) is 0 Å². The van der Waals surface area contributed by atoms with Gasteiger partial charge < -0.3 is 10.6 Å². The summed E-state index contributed by atoms with van der Waals surface area (Å²) in [5.41, 5.74) is 6.14. The Morgan fingerprint density at radius 2 is 1.76 bits per heavy atom. The maximum atomic E-state index is 12.7. The number of hydrogen-bond acceptors (Lipinski definition) is 4. The lowest BCUT2D eigenvalue weighted by Crippen LogP contribution is -2.46. The average Bonchev–Trinajstić information content (AvgIpc) is 2.49. The van der Waals surface area contributed by atoms with Crippen molar-refractivity contribution in [1.82, 2.24) is 9.21 Å². The second-order valence-electron chi connectivity index (χ2n) is 5.39. The summed E-state index contributed by atoms with van der Waals surface area (Å²) in [5, 5.41) is 0. The van der Waals surface area contributed by atoms with E-state index in [-0.39, 0.29) is 4.90 Å². The molecule has 1 aromatic carbocycles. The van der Waals surface area contributed by atoms with E-state index in [4.69, 9.17) is 5.73 Å². The Balaban J connectivity index is 2.10. The first kappa shape index (κ1) is 16.3. The van der Waals surface area contributed by atoms with Crippen molar-refractivity contribution in [2.45, 2.75) is 37.6 Å². The highest BCUT2D eigenvalue weighted by molar-refractivity contribution is 7.89. The van der Waals surface area contributed by atoms with Crippen LogP contribution in [0.25, 0.3) is 0 Å². The van der Waals surface area contributed by atoms with Crippen LogP contribution in [-0.2, 0) is 10.0 Å². The van der Waals surface area contributed by atoms with Gasteiger partial charge in [-0.2, -0.15) is 4.31 Å². The zero-order valence-electron chi connectivity index (χ0n) is 12.8. The molecule has 1 fully saturated rings. The first-order valence-corrected chi connectivity index (χ1v) is 9.03. The predicted octanol–water partition coefficient (Wildman–Crippen LogP) is 1.76. The van der Waals surface area contributed by atoms with Crippen molar-refractivity contribution >= 4 is 15.7 Å². The fraction of sp³-hybridized carbons (Fsp3) is 0.600. The van der Waals surface area contributed by atoms with Gasteiger partial charge in [0.1, 0.15) is 4.90 Å². The molecule has 1 aromatic rings. The van der Waals surface area contributed by atoms with E-state index in [0.717, 1.165) is 25.9 Å². The van der Waals surface area contributed by atoms with Gasteiger partial charge in [-0.25, -0.2) is 8.42 Å². The minimum atomic E-state index is -3.47. The van der Waals surface area contributed by atoms with Gasteiger partial charge >= 0.3 is 0 Å². The summed E-state index contributed by atoms with van der Waals surface area (Å²) in [6, 6.07) is 7.17. The number of anilines is 1. The number of nitrogens with zero attached hydrogens (tertiary/aromatic N) is 2. The monoisotopic (exact) mass is 311 g/mol. The fourth-order valence-corrected chi connectivity index (χ4v) is 4.63. The molecule has 1 saturated heterocycles. The van der Waals surface area contributed by atoms with Crippen LogP contribution < -0.4 is 5.73 Å². The van der Waals surface area contributed by atoms with Crippen LogP contribution in [0.5, 0.6) is 0 Å². The first-order chi connectivity index (χ1) is 10.0. The van der Waals surface area contributed by atoms with Gasteiger partial charge in [0.2, 0.25) is 10.0 Å². The Hall–Kier alpha value is -1.11. The molecule has 118 valence electrons. The first-order valence-electron chi connectivity index (χ1n) is 7.59. The molecule has 0 aromatic heterocycles. The molecule has 0 amide bonds. The number of sulfonamides is 1. The molecule has 6 heteroatoms. The predicted molar refractivity (Wildman–Crippen MR) is 85.6 cm³/mol. The van der Waals surface area contributed by atoms with Crippen LogP contribution in [0.1, 0.15) is 26.7 Å². The smallest absolute Gasteiger partial charge is 0.245 e. The van der Waals surface area contributed by atoms with E-state index >= 15 is 0 Å². The molecule has 0 bridgehead atoms. The second-order valence-corrected chi connectivity index (χ2v) is 7.30. The Bertz CT molecular complexity index is 562. The lowest BCUT2D eigenvalue weighted by atomic mass is 10.1. The number of piperidine rings is 1. The normalized spacial score (nSPS) is 18.2. The summed E-state index contributed by atoms with van der Waals surface area (Å²) in [5.74, 6) is 0. The summed E-state index contributed by atoms with van der Waals surface area (Å²) >= 11 is 0. The number of benzene rings is 1. The number of para-hydroxylation sites is 1. The van der Waals surface area contributed by atoms with Crippen LogP contribution in [0.3, 0.4) is 0 Å². The Morgan fingerprint density at radius 3 is 2.29 bits per heavy atom. The molecular formula is C15H25N3O2S. The van der Waals surface area contributed by atoms with E-state index in [1.54, 1.807) is 28.6 Å². The minimum absolute atomic E-state index is 0.228. The fourth-order valence-electron chi connectivity index (χ4n) is 3.04.